The summed E-state index contributed by atoms with van der Waals surface area (Å²) >= 11 is 0. The Morgan fingerprint density at radius 2 is 1.93 bits per heavy atom. The lowest BCUT2D eigenvalue weighted by Gasteiger charge is -2.16. The molecule has 1 atom stereocenters. The van der Waals surface area contributed by atoms with Crippen LogP contribution < -0.4 is 16.2 Å². The van der Waals surface area contributed by atoms with E-state index >= 15 is 0 Å². The number of anilines is 1. The number of aromatic amines is 1. The van der Waals surface area contributed by atoms with Gasteiger partial charge in [0, 0.05) is 38.3 Å². The number of carboxylic acid groups (broad SMARTS) is 1. The number of pyridine rings is 1. The van der Waals surface area contributed by atoms with Crippen LogP contribution in [0, 0.1) is 11.6 Å². The fraction of sp³-hybridized carbons (Fsp3) is 0.346. The van der Waals surface area contributed by atoms with Gasteiger partial charge in [-0.15, -0.1) is 0 Å². The number of H-pyrrole nitrogens is 1. The van der Waals surface area contributed by atoms with E-state index < -0.39 is 65.3 Å². The molecule has 16 heteroatoms. The molecule has 0 bridgehead atoms. The number of carbonyl (C=O) groups excluding carboxylic acids is 2. The number of nitrogens with zero attached hydrogens (tertiary/aromatic N) is 3. The van der Waals surface area contributed by atoms with E-state index in [9.17, 15) is 41.1 Å². The van der Waals surface area contributed by atoms with E-state index in [-0.39, 0.29) is 42.3 Å². The molecule has 0 radical (unpaired) electrons. The quantitative estimate of drug-likeness (QED) is 0.196. The molecule has 0 spiro atoms. The fourth-order valence-electron chi connectivity index (χ4n) is 3.94. The zero-order valence-corrected chi connectivity index (χ0v) is 22.4. The normalized spacial score (nSPS) is 12.5. The number of hydrogen-bond donors (Lipinski definition) is 4. The van der Waals surface area contributed by atoms with Crippen LogP contribution in [0.2, 0.25) is 0 Å². The number of rotatable bonds is 11. The van der Waals surface area contributed by atoms with Gasteiger partial charge in [-0.1, -0.05) is 6.08 Å². The molecule has 2 aromatic heterocycles. The van der Waals surface area contributed by atoms with Crippen LogP contribution in [-0.4, -0.2) is 68.8 Å². The van der Waals surface area contributed by atoms with Gasteiger partial charge in [-0.25, -0.2) is 18.6 Å². The van der Waals surface area contributed by atoms with E-state index in [0.29, 0.717) is 6.07 Å². The van der Waals surface area contributed by atoms with Gasteiger partial charge in [0.1, 0.15) is 28.9 Å². The molecule has 1 aromatic carbocycles. The molecule has 226 valence electrons. The van der Waals surface area contributed by atoms with Crippen LogP contribution in [0.25, 0.3) is 11.0 Å². The minimum atomic E-state index is -4.57. The number of alkyl halides is 3. The van der Waals surface area contributed by atoms with E-state index in [1.165, 1.54) is 35.4 Å². The standard InChI is InChI=1S/C26H27F5N6O5/c1-36(2)20(38)8-4-3-6-17(33-25(41)42)23(39)32-18-7-5-11-37(24(18)40)13-19-34-21-14(9-10-26(29,30)31)15(27)12-16(28)22(21)35-19/h4-5,7-8,11-12,17,33H,3,6,9-10,13H2,1-2H3,(H,32,39)(H,34,35)(H,41,42)/b8-4+. The van der Waals surface area contributed by atoms with Gasteiger partial charge in [0.15, 0.2) is 5.82 Å². The third-order valence-electron chi connectivity index (χ3n) is 6.02. The second kappa shape index (κ2) is 13.3. The van der Waals surface area contributed by atoms with Gasteiger partial charge in [0.05, 0.1) is 12.1 Å². The first-order valence-electron chi connectivity index (χ1n) is 12.5. The summed E-state index contributed by atoms with van der Waals surface area (Å²) in [4.78, 5) is 56.6. The van der Waals surface area contributed by atoms with E-state index in [1.807, 2.05) is 5.32 Å². The predicted molar refractivity (Wildman–Crippen MR) is 141 cm³/mol. The van der Waals surface area contributed by atoms with Gasteiger partial charge in [0.2, 0.25) is 11.8 Å². The summed E-state index contributed by atoms with van der Waals surface area (Å²) in [6, 6.07) is 1.80. The first-order valence-corrected chi connectivity index (χ1v) is 12.5. The van der Waals surface area contributed by atoms with Crippen molar-refractivity contribution in [2.45, 2.75) is 44.4 Å². The number of carbonyl (C=O) groups is 3. The van der Waals surface area contributed by atoms with Crippen LogP contribution in [-0.2, 0) is 22.6 Å². The maximum Gasteiger partial charge on any atom is 0.405 e. The molecule has 2 heterocycles. The number of allylic oxidation sites excluding steroid dienone is 1. The fourth-order valence-corrected chi connectivity index (χ4v) is 3.94. The number of aryl methyl sites for hydroxylation is 1. The largest absolute Gasteiger partial charge is 0.465 e. The number of likely N-dealkylation sites (N-methyl/N-ethyl adjacent to an activating group) is 1. The summed E-state index contributed by atoms with van der Waals surface area (Å²) in [5.74, 6) is -3.51. The molecule has 42 heavy (non-hydrogen) atoms. The van der Waals surface area contributed by atoms with Crippen LogP contribution in [0.4, 0.5) is 32.4 Å². The van der Waals surface area contributed by atoms with Crippen molar-refractivity contribution in [3.8, 4) is 0 Å². The number of imidazole rings is 1. The Bertz CT molecular complexity index is 1560. The number of amides is 3. The van der Waals surface area contributed by atoms with Gasteiger partial charge in [-0.2, -0.15) is 13.2 Å². The van der Waals surface area contributed by atoms with Crippen molar-refractivity contribution in [3.63, 3.8) is 0 Å². The van der Waals surface area contributed by atoms with Crippen LogP contribution >= 0.6 is 0 Å². The molecule has 0 saturated carbocycles. The Hall–Kier alpha value is -4.76. The van der Waals surface area contributed by atoms with E-state index in [1.54, 1.807) is 14.1 Å². The van der Waals surface area contributed by atoms with E-state index in [4.69, 9.17) is 5.11 Å². The SMILES string of the molecule is CN(C)C(=O)/C=C/CCC(NC(=O)O)C(=O)Nc1cccn(Cc2nc3c(F)cc(F)c(CCC(F)(F)F)c3[nH]2)c1=O. The number of fused-ring (bicyclic) bond motifs is 1. The highest BCUT2D eigenvalue weighted by atomic mass is 19.4. The van der Waals surface area contributed by atoms with Crippen LogP contribution in [0.3, 0.4) is 0 Å². The van der Waals surface area contributed by atoms with Gasteiger partial charge >= 0.3 is 12.3 Å². The molecule has 3 rings (SSSR count). The second-order valence-electron chi connectivity index (χ2n) is 9.40. The number of benzene rings is 1. The van der Waals surface area contributed by atoms with Crippen molar-refractivity contribution in [2.75, 3.05) is 19.4 Å². The molecule has 0 aliphatic rings. The Labute approximate surface area is 235 Å². The summed E-state index contributed by atoms with van der Waals surface area (Å²) in [6.45, 7) is -0.349. The Balaban J connectivity index is 1.80. The Kier molecular flexibility index (Phi) is 10.0. The highest BCUT2D eigenvalue weighted by Gasteiger charge is 2.29. The minimum Gasteiger partial charge on any atom is -0.465 e. The molecular weight excluding hydrogens is 571 g/mol. The van der Waals surface area contributed by atoms with Gasteiger partial charge < -0.3 is 30.2 Å². The van der Waals surface area contributed by atoms with Crippen molar-refractivity contribution in [1.82, 2.24) is 24.8 Å². The molecule has 0 fully saturated rings. The predicted octanol–water partition coefficient (Wildman–Crippen LogP) is 3.55. The molecule has 3 aromatic rings. The Morgan fingerprint density at radius 1 is 1.21 bits per heavy atom. The van der Waals surface area contributed by atoms with Gasteiger partial charge in [-0.05, 0) is 37.5 Å². The number of aromatic nitrogens is 3. The van der Waals surface area contributed by atoms with Crippen molar-refractivity contribution in [2.24, 2.45) is 0 Å². The lowest BCUT2D eigenvalue weighted by Crippen LogP contribution is -2.44. The average molecular weight is 599 g/mol. The lowest BCUT2D eigenvalue weighted by molar-refractivity contribution is -0.134. The zero-order chi connectivity index (χ0) is 31.2. The zero-order valence-electron chi connectivity index (χ0n) is 22.4. The Morgan fingerprint density at radius 3 is 2.57 bits per heavy atom. The third-order valence-corrected chi connectivity index (χ3v) is 6.02. The van der Waals surface area contributed by atoms with Gasteiger partial charge in [-0.3, -0.25) is 14.4 Å². The smallest absolute Gasteiger partial charge is 0.405 e. The third kappa shape index (κ3) is 8.37. The van der Waals surface area contributed by atoms with Crippen LogP contribution in [0.1, 0.15) is 30.7 Å². The summed E-state index contributed by atoms with van der Waals surface area (Å²) in [6.07, 6.45) is -4.01. The first kappa shape index (κ1) is 31.8. The molecule has 3 amide bonds. The maximum absolute atomic E-state index is 14.4. The van der Waals surface area contributed by atoms with E-state index in [0.717, 1.165) is 4.57 Å². The summed E-state index contributed by atoms with van der Waals surface area (Å²) in [5, 5.41) is 13.5. The van der Waals surface area contributed by atoms with Crippen molar-refractivity contribution >= 4 is 34.6 Å². The average Bonchev–Trinajstić information content (AvgIpc) is 3.31. The molecular formula is C26H27F5N6O5. The summed E-state index contributed by atoms with van der Waals surface area (Å²) in [7, 11) is 3.09. The maximum atomic E-state index is 14.4. The molecule has 0 saturated heterocycles. The second-order valence-corrected chi connectivity index (χ2v) is 9.40. The molecule has 0 aliphatic heterocycles. The minimum absolute atomic E-state index is 0.0336. The topological polar surface area (TPSA) is 149 Å². The van der Waals surface area contributed by atoms with Crippen molar-refractivity contribution in [3.05, 3.63) is 69.9 Å². The molecule has 1 unspecified atom stereocenters. The first-order chi connectivity index (χ1) is 19.7. The van der Waals surface area contributed by atoms with Crippen LogP contribution in [0.15, 0.2) is 41.3 Å². The number of nitrogens with one attached hydrogen (secondary N) is 3. The van der Waals surface area contributed by atoms with Crippen LogP contribution in [0.5, 0.6) is 0 Å². The lowest BCUT2D eigenvalue weighted by atomic mass is 10.1. The number of hydrogen-bond acceptors (Lipinski definition) is 5. The summed E-state index contributed by atoms with van der Waals surface area (Å²) in [5.41, 5.74) is -2.08. The van der Waals surface area contributed by atoms with Crippen molar-refractivity contribution in [1.29, 1.82) is 0 Å². The van der Waals surface area contributed by atoms with Crippen molar-refractivity contribution < 1.29 is 41.4 Å². The summed E-state index contributed by atoms with van der Waals surface area (Å²) < 4.78 is 67.9. The highest BCUT2D eigenvalue weighted by Crippen LogP contribution is 2.28. The number of halogens is 5. The molecule has 0 aliphatic carbocycles. The monoisotopic (exact) mass is 598 g/mol. The van der Waals surface area contributed by atoms with Gasteiger partial charge in [0.25, 0.3) is 5.56 Å². The molecule has 11 nitrogen and oxygen atoms in total. The van der Waals surface area contributed by atoms with E-state index in [2.05, 4.69) is 15.3 Å². The highest BCUT2D eigenvalue weighted by molar-refractivity contribution is 5.96. The molecule has 4 N–H and O–H groups in total.